The fraction of sp³-hybridized carbons (Fsp3) is 0.269. The van der Waals surface area contributed by atoms with E-state index in [-0.39, 0.29) is 28.9 Å². The smallest absolute Gasteiger partial charge is 0.261 e. The molecular weight excluding hydrogens is 469 g/mol. The van der Waals surface area contributed by atoms with Crippen LogP contribution in [0.25, 0.3) is 0 Å². The molecule has 1 fully saturated rings. The molecule has 1 aliphatic rings. The van der Waals surface area contributed by atoms with Crippen molar-refractivity contribution in [3.63, 3.8) is 0 Å². The topological polar surface area (TPSA) is 87.7 Å². The van der Waals surface area contributed by atoms with E-state index >= 15 is 0 Å². The number of anilines is 1. The van der Waals surface area contributed by atoms with Gasteiger partial charge in [-0.1, -0.05) is 35.9 Å². The molecule has 1 atom stereocenters. The summed E-state index contributed by atoms with van der Waals surface area (Å²) in [5.74, 6) is -0.714. The van der Waals surface area contributed by atoms with E-state index in [4.69, 9.17) is 4.74 Å². The van der Waals surface area contributed by atoms with Gasteiger partial charge in [-0.15, -0.1) is 0 Å². The lowest BCUT2D eigenvalue weighted by Gasteiger charge is -2.35. The molecule has 35 heavy (non-hydrogen) atoms. The number of morpholine rings is 1. The zero-order chi connectivity index (χ0) is 24.8. The Bertz CT molecular complexity index is 1260. The molecular formula is C26H28FN3O4S. The molecule has 1 saturated heterocycles. The highest BCUT2D eigenvalue weighted by Gasteiger charge is 2.24. The number of ether oxygens (including phenoxy) is 1. The van der Waals surface area contributed by atoms with Crippen LogP contribution in [0.5, 0.6) is 0 Å². The Morgan fingerprint density at radius 1 is 1.03 bits per heavy atom. The quantitative estimate of drug-likeness (QED) is 0.495. The number of halogens is 1. The Morgan fingerprint density at radius 3 is 2.40 bits per heavy atom. The minimum absolute atomic E-state index is 0.00557. The van der Waals surface area contributed by atoms with E-state index in [9.17, 15) is 17.6 Å². The lowest BCUT2D eigenvalue weighted by Crippen LogP contribution is -2.43. The molecule has 1 heterocycles. The third-order valence-corrected chi connectivity index (χ3v) is 7.29. The molecule has 1 amide bonds. The number of benzene rings is 3. The van der Waals surface area contributed by atoms with Gasteiger partial charge >= 0.3 is 0 Å². The molecule has 0 aromatic heterocycles. The second-order valence-electron chi connectivity index (χ2n) is 8.43. The molecule has 7 nitrogen and oxygen atoms in total. The van der Waals surface area contributed by atoms with Gasteiger partial charge in [0.2, 0.25) is 0 Å². The van der Waals surface area contributed by atoms with Crippen molar-refractivity contribution in [3.05, 3.63) is 95.3 Å². The van der Waals surface area contributed by atoms with Crippen LogP contribution in [0.3, 0.4) is 0 Å². The highest BCUT2D eigenvalue weighted by molar-refractivity contribution is 7.92. The summed E-state index contributed by atoms with van der Waals surface area (Å²) >= 11 is 0. The normalized spacial score (nSPS) is 15.4. The van der Waals surface area contributed by atoms with Gasteiger partial charge in [0.15, 0.2) is 0 Å². The average Bonchev–Trinajstić information content (AvgIpc) is 2.87. The van der Waals surface area contributed by atoms with E-state index in [0.29, 0.717) is 32.0 Å². The van der Waals surface area contributed by atoms with Gasteiger partial charge in [-0.3, -0.25) is 14.4 Å². The van der Waals surface area contributed by atoms with Crippen molar-refractivity contribution >= 4 is 21.6 Å². The summed E-state index contributed by atoms with van der Waals surface area (Å²) in [5, 5.41) is 2.91. The Kier molecular flexibility index (Phi) is 7.80. The Labute approximate surface area is 205 Å². The number of nitrogens with one attached hydrogen (secondary N) is 2. The number of amides is 1. The van der Waals surface area contributed by atoms with Crippen LogP contribution in [0.1, 0.15) is 27.5 Å². The number of nitrogens with zero attached hydrogens (tertiary/aromatic N) is 1. The van der Waals surface area contributed by atoms with Crippen LogP contribution in [0.15, 0.2) is 77.7 Å². The maximum atomic E-state index is 13.5. The summed E-state index contributed by atoms with van der Waals surface area (Å²) in [6, 6.07) is 19.0. The van der Waals surface area contributed by atoms with Crippen LogP contribution in [-0.4, -0.2) is 52.1 Å². The van der Waals surface area contributed by atoms with Crippen LogP contribution >= 0.6 is 0 Å². The number of carbonyl (C=O) groups excluding carboxylic acids is 1. The zero-order valence-electron chi connectivity index (χ0n) is 19.4. The third kappa shape index (κ3) is 6.45. The standard InChI is InChI=1S/C26H28FN3O4S/c1-19-5-11-23(12-6-19)29-35(32,33)24-4-2-3-21(17-24)26(31)28-18-25(30-13-15-34-16-14-30)20-7-9-22(27)10-8-20/h2-12,17,25,29H,13-16,18H2,1H3,(H,28,31)/t25-/m1/s1. The number of hydrogen-bond donors (Lipinski definition) is 2. The summed E-state index contributed by atoms with van der Waals surface area (Å²) in [7, 11) is -3.87. The van der Waals surface area contributed by atoms with Gasteiger partial charge in [0.25, 0.3) is 15.9 Å². The Hall–Kier alpha value is -3.27. The van der Waals surface area contributed by atoms with Crippen LogP contribution in [-0.2, 0) is 14.8 Å². The maximum Gasteiger partial charge on any atom is 0.261 e. The molecule has 0 spiro atoms. The molecule has 0 bridgehead atoms. The summed E-state index contributed by atoms with van der Waals surface area (Å²) < 4.78 is 47.1. The lowest BCUT2D eigenvalue weighted by atomic mass is 10.0. The second kappa shape index (κ2) is 11.0. The largest absolute Gasteiger partial charge is 0.379 e. The van der Waals surface area contributed by atoms with Crippen molar-refractivity contribution in [2.75, 3.05) is 37.6 Å². The minimum atomic E-state index is -3.87. The maximum absolute atomic E-state index is 13.5. The third-order valence-electron chi connectivity index (χ3n) is 5.91. The highest BCUT2D eigenvalue weighted by Crippen LogP contribution is 2.22. The van der Waals surface area contributed by atoms with E-state index in [1.165, 1.54) is 30.3 Å². The minimum Gasteiger partial charge on any atom is -0.379 e. The number of rotatable bonds is 8. The van der Waals surface area contributed by atoms with E-state index in [0.717, 1.165) is 11.1 Å². The summed E-state index contributed by atoms with van der Waals surface area (Å²) in [5.41, 5.74) is 2.57. The van der Waals surface area contributed by atoms with Gasteiger partial charge in [0, 0.05) is 30.9 Å². The van der Waals surface area contributed by atoms with Crippen LogP contribution in [0.2, 0.25) is 0 Å². The predicted octanol–water partition coefficient (Wildman–Crippen LogP) is 3.74. The summed E-state index contributed by atoms with van der Waals surface area (Å²) in [6.07, 6.45) is 0. The van der Waals surface area contributed by atoms with Gasteiger partial charge in [0.1, 0.15) is 5.82 Å². The first kappa shape index (κ1) is 24.8. The van der Waals surface area contributed by atoms with E-state index in [1.54, 1.807) is 30.3 Å². The second-order valence-corrected chi connectivity index (χ2v) is 10.1. The number of hydrogen-bond acceptors (Lipinski definition) is 5. The Morgan fingerprint density at radius 2 is 1.71 bits per heavy atom. The van der Waals surface area contributed by atoms with Crippen molar-refractivity contribution in [1.82, 2.24) is 10.2 Å². The van der Waals surface area contributed by atoms with Crippen molar-refractivity contribution in [2.45, 2.75) is 17.9 Å². The fourth-order valence-corrected chi connectivity index (χ4v) is 5.07. The molecule has 2 N–H and O–H groups in total. The molecule has 3 aromatic rings. The van der Waals surface area contributed by atoms with Crippen molar-refractivity contribution < 1.29 is 22.3 Å². The van der Waals surface area contributed by atoms with Crippen LogP contribution in [0.4, 0.5) is 10.1 Å². The van der Waals surface area contributed by atoms with Crippen molar-refractivity contribution in [2.24, 2.45) is 0 Å². The highest BCUT2D eigenvalue weighted by atomic mass is 32.2. The van der Waals surface area contributed by atoms with Gasteiger partial charge < -0.3 is 10.1 Å². The summed E-state index contributed by atoms with van der Waals surface area (Å²) in [6.45, 7) is 4.74. The lowest BCUT2D eigenvalue weighted by molar-refractivity contribution is 0.0162. The van der Waals surface area contributed by atoms with Gasteiger partial charge in [-0.25, -0.2) is 12.8 Å². The van der Waals surface area contributed by atoms with Crippen LogP contribution in [0, 0.1) is 12.7 Å². The van der Waals surface area contributed by atoms with Crippen molar-refractivity contribution in [1.29, 1.82) is 0 Å². The number of sulfonamides is 1. The molecule has 0 unspecified atom stereocenters. The molecule has 9 heteroatoms. The SMILES string of the molecule is Cc1ccc(NS(=O)(=O)c2cccc(C(=O)NC[C@H](c3ccc(F)cc3)N3CCOCC3)c2)cc1. The first-order valence-electron chi connectivity index (χ1n) is 11.4. The van der Waals surface area contributed by atoms with E-state index in [1.807, 2.05) is 19.1 Å². The number of carbonyl (C=O) groups is 1. The van der Waals surface area contributed by atoms with Gasteiger partial charge in [-0.2, -0.15) is 0 Å². The van der Waals surface area contributed by atoms with Gasteiger partial charge in [-0.05, 0) is 55.0 Å². The van der Waals surface area contributed by atoms with Crippen molar-refractivity contribution in [3.8, 4) is 0 Å². The predicted molar refractivity (Wildman–Crippen MR) is 132 cm³/mol. The van der Waals surface area contributed by atoms with Gasteiger partial charge in [0.05, 0.1) is 24.2 Å². The summed E-state index contributed by atoms with van der Waals surface area (Å²) in [4.78, 5) is 15.1. The molecule has 0 aliphatic carbocycles. The zero-order valence-corrected chi connectivity index (χ0v) is 20.2. The van der Waals surface area contributed by atoms with E-state index in [2.05, 4.69) is 14.9 Å². The van der Waals surface area contributed by atoms with E-state index < -0.39 is 15.9 Å². The molecule has 1 aliphatic heterocycles. The average molecular weight is 498 g/mol. The first-order valence-corrected chi connectivity index (χ1v) is 12.9. The Balaban J connectivity index is 1.48. The molecule has 184 valence electrons. The van der Waals surface area contributed by atoms with Crippen LogP contribution < -0.4 is 10.0 Å². The molecule has 4 rings (SSSR count). The fourth-order valence-electron chi connectivity index (χ4n) is 3.96. The number of aryl methyl sites for hydroxylation is 1. The molecule has 0 saturated carbocycles. The molecule has 3 aromatic carbocycles. The monoisotopic (exact) mass is 497 g/mol. The molecule has 0 radical (unpaired) electrons. The first-order chi connectivity index (χ1) is 16.8.